The third-order valence-electron chi connectivity index (χ3n) is 1.36. The van der Waals surface area contributed by atoms with Gasteiger partial charge in [0.1, 0.15) is 5.60 Å². The first kappa shape index (κ1) is 13.7. The second kappa shape index (κ2) is 5.53. The van der Waals surface area contributed by atoms with Gasteiger partial charge in [-0.2, -0.15) is 0 Å². The number of carbonyl (C=O) groups is 2. The van der Waals surface area contributed by atoms with Crippen molar-refractivity contribution in [1.82, 2.24) is 5.32 Å². The minimum atomic E-state index is -0.506. The van der Waals surface area contributed by atoms with Crippen molar-refractivity contribution in [2.24, 2.45) is 0 Å². The molecule has 86 valence electrons. The number of carbonyl (C=O) groups excluding carboxylic acids is 2. The lowest BCUT2D eigenvalue weighted by Crippen LogP contribution is -2.36. The van der Waals surface area contributed by atoms with Crippen LogP contribution in [0.15, 0.2) is 12.2 Å². The second-order valence-electron chi connectivity index (χ2n) is 4.40. The normalized spacial score (nSPS) is 13.7. The van der Waals surface area contributed by atoms with Gasteiger partial charge >= 0.3 is 6.09 Å². The number of alkyl carbamates (subject to hydrolysis) is 1. The fourth-order valence-corrected chi connectivity index (χ4v) is 0.821. The minimum Gasteiger partial charge on any atom is -0.444 e. The average molecular weight is 213 g/mol. The highest BCUT2D eigenvalue weighted by atomic mass is 16.6. The summed E-state index contributed by atoms with van der Waals surface area (Å²) in [7, 11) is 0. The molecule has 15 heavy (non-hydrogen) atoms. The van der Waals surface area contributed by atoms with Crippen molar-refractivity contribution in [1.29, 1.82) is 0 Å². The molecule has 4 nitrogen and oxygen atoms in total. The first-order chi connectivity index (χ1) is 6.70. The van der Waals surface area contributed by atoms with Crippen molar-refractivity contribution in [2.45, 2.75) is 46.3 Å². The summed E-state index contributed by atoms with van der Waals surface area (Å²) in [5, 5.41) is 2.59. The zero-order valence-electron chi connectivity index (χ0n) is 9.96. The van der Waals surface area contributed by atoms with Gasteiger partial charge in [0, 0.05) is 6.04 Å². The second-order valence-corrected chi connectivity index (χ2v) is 4.40. The molecular formula is C11H19NO3. The standard InChI is InChI=1S/C11H19NO3/c1-8(6-7-9(2)13)12-10(14)15-11(3,4)5/h6-8H,1-5H3,(H,12,14)/b7-6+/t8-/m0/s1. The van der Waals surface area contributed by atoms with Crippen molar-refractivity contribution in [3.63, 3.8) is 0 Å². The molecule has 0 aliphatic rings. The Hall–Kier alpha value is -1.32. The minimum absolute atomic E-state index is 0.0483. The number of ketones is 1. The molecule has 0 aromatic carbocycles. The number of nitrogens with one attached hydrogen (secondary N) is 1. The van der Waals surface area contributed by atoms with E-state index < -0.39 is 11.7 Å². The van der Waals surface area contributed by atoms with E-state index in [9.17, 15) is 9.59 Å². The van der Waals surface area contributed by atoms with Gasteiger partial charge in [-0.1, -0.05) is 6.08 Å². The molecule has 0 saturated carbocycles. The molecule has 0 bridgehead atoms. The Balaban J connectivity index is 4.02. The Kier molecular flexibility index (Phi) is 5.05. The Morgan fingerprint density at radius 3 is 2.27 bits per heavy atom. The summed E-state index contributed by atoms with van der Waals surface area (Å²) in [6, 6.07) is -0.219. The number of hydrogen-bond donors (Lipinski definition) is 1. The molecule has 0 spiro atoms. The summed E-state index contributed by atoms with van der Waals surface area (Å²) in [6.45, 7) is 8.61. The molecule has 0 aromatic heterocycles. The van der Waals surface area contributed by atoms with E-state index in [0.29, 0.717) is 0 Å². The molecule has 0 fully saturated rings. The zero-order valence-corrected chi connectivity index (χ0v) is 9.96. The Morgan fingerprint density at radius 2 is 1.87 bits per heavy atom. The quantitative estimate of drug-likeness (QED) is 0.730. The summed E-state index contributed by atoms with van der Waals surface area (Å²) in [5.74, 6) is -0.0483. The van der Waals surface area contributed by atoms with Gasteiger partial charge in [-0.3, -0.25) is 4.79 Å². The van der Waals surface area contributed by atoms with Crippen LogP contribution in [0.5, 0.6) is 0 Å². The van der Waals surface area contributed by atoms with E-state index in [1.165, 1.54) is 13.0 Å². The fraction of sp³-hybridized carbons (Fsp3) is 0.636. The van der Waals surface area contributed by atoms with Gasteiger partial charge < -0.3 is 10.1 Å². The monoisotopic (exact) mass is 213 g/mol. The van der Waals surface area contributed by atoms with Crippen LogP contribution in [0.1, 0.15) is 34.6 Å². The average Bonchev–Trinajstić information content (AvgIpc) is 1.96. The lowest BCUT2D eigenvalue weighted by atomic mass is 10.2. The third-order valence-corrected chi connectivity index (χ3v) is 1.36. The molecule has 0 heterocycles. The molecule has 0 unspecified atom stereocenters. The predicted octanol–water partition coefficient (Wildman–Crippen LogP) is 2.04. The molecule has 0 aromatic rings. The molecule has 1 N–H and O–H groups in total. The van der Waals surface area contributed by atoms with Crippen LogP contribution in [0, 0.1) is 0 Å². The predicted molar refractivity (Wildman–Crippen MR) is 58.7 cm³/mol. The van der Waals surface area contributed by atoms with Gasteiger partial charge in [0.25, 0.3) is 0 Å². The van der Waals surface area contributed by atoms with E-state index in [1.54, 1.807) is 33.8 Å². The van der Waals surface area contributed by atoms with Crippen molar-refractivity contribution in [3.05, 3.63) is 12.2 Å². The van der Waals surface area contributed by atoms with E-state index in [1.807, 2.05) is 0 Å². The highest BCUT2D eigenvalue weighted by Gasteiger charge is 2.16. The SMILES string of the molecule is CC(=O)/C=C/[C@H](C)NC(=O)OC(C)(C)C. The van der Waals surface area contributed by atoms with Crippen LogP contribution in [-0.4, -0.2) is 23.5 Å². The largest absolute Gasteiger partial charge is 0.444 e. The summed E-state index contributed by atoms with van der Waals surface area (Å²) >= 11 is 0. The van der Waals surface area contributed by atoms with E-state index in [2.05, 4.69) is 5.32 Å². The maximum absolute atomic E-state index is 11.3. The highest BCUT2D eigenvalue weighted by molar-refractivity contribution is 5.87. The van der Waals surface area contributed by atoms with Crippen LogP contribution in [-0.2, 0) is 9.53 Å². The highest BCUT2D eigenvalue weighted by Crippen LogP contribution is 2.06. The molecule has 0 rings (SSSR count). The molecule has 0 aliphatic carbocycles. The molecule has 0 aliphatic heterocycles. The van der Waals surface area contributed by atoms with Crippen LogP contribution in [0.25, 0.3) is 0 Å². The summed E-state index contributed by atoms with van der Waals surface area (Å²) in [4.78, 5) is 21.9. The van der Waals surface area contributed by atoms with E-state index in [-0.39, 0.29) is 11.8 Å². The Bertz CT molecular complexity index is 263. The fourth-order valence-electron chi connectivity index (χ4n) is 0.821. The van der Waals surface area contributed by atoms with Crippen molar-refractivity contribution in [2.75, 3.05) is 0 Å². The molecule has 0 radical (unpaired) electrons. The molecule has 4 heteroatoms. The van der Waals surface area contributed by atoms with Crippen molar-refractivity contribution < 1.29 is 14.3 Å². The molecule has 1 amide bonds. The number of rotatable bonds is 3. The first-order valence-electron chi connectivity index (χ1n) is 4.89. The molecular weight excluding hydrogens is 194 g/mol. The van der Waals surface area contributed by atoms with Crippen LogP contribution >= 0.6 is 0 Å². The third kappa shape index (κ3) is 9.00. The lowest BCUT2D eigenvalue weighted by molar-refractivity contribution is -0.112. The summed E-state index contributed by atoms with van der Waals surface area (Å²) < 4.78 is 5.05. The van der Waals surface area contributed by atoms with E-state index in [4.69, 9.17) is 4.74 Å². The van der Waals surface area contributed by atoms with E-state index >= 15 is 0 Å². The number of amides is 1. The van der Waals surface area contributed by atoms with Gasteiger partial charge in [-0.25, -0.2) is 4.79 Å². The topological polar surface area (TPSA) is 55.4 Å². The first-order valence-corrected chi connectivity index (χ1v) is 4.89. The lowest BCUT2D eigenvalue weighted by Gasteiger charge is -2.20. The molecule has 1 atom stereocenters. The van der Waals surface area contributed by atoms with Crippen molar-refractivity contribution in [3.8, 4) is 0 Å². The van der Waals surface area contributed by atoms with Crippen LogP contribution in [0.2, 0.25) is 0 Å². The van der Waals surface area contributed by atoms with Crippen LogP contribution < -0.4 is 5.32 Å². The van der Waals surface area contributed by atoms with Gasteiger partial charge in [-0.05, 0) is 40.7 Å². The summed E-state index contributed by atoms with van der Waals surface area (Å²) in [6.07, 6.45) is 2.55. The van der Waals surface area contributed by atoms with Crippen LogP contribution in [0.3, 0.4) is 0 Å². The Labute approximate surface area is 90.7 Å². The van der Waals surface area contributed by atoms with Crippen molar-refractivity contribution >= 4 is 11.9 Å². The zero-order chi connectivity index (χ0) is 12.1. The van der Waals surface area contributed by atoms with Crippen LogP contribution in [0.4, 0.5) is 4.79 Å². The maximum Gasteiger partial charge on any atom is 0.408 e. The number of ether oxygens (including phenoxy) is 1. The number of allylic oxidation sites excluding steroid dienone is 1. The summed E-state index contributed by atoms with van der Waals surface area (Å²) in [5.41, 5.74) is -0.506. The maximum atomic E-state index is 11.3. The smallest absolute Gasteiger partial charge is 0.408 e. The molecule has 0 saturated heterocycles. The van der Waals surface area contributed by atoms with E-state index in [0.717, 1.165) is 0 Å². The van der Waals surface area contributed by atoms with Gasteiger partial charge in [0.05, 0.1) is 0 Å². The Morgan fingerprint density at radius 1 is 1.33 bits per heavy atom. The van der Waals surface area contributed by atoms with Gasteiger partial charge in [0.2, 0.25) is 0 Å². The number of hydrogen-bond acceptors (Lipinski definition) is 3. The van der Waals surface area contributed by atoms with Gasteiger partial charge in [0.15, 0.2) is 5.78 Å². The van der Waals surface area contributed by atoms with Gasteiger partial charge in [-0.15, -0.1) is 0 Å².